The lowest BCUT2D eigenvalue weighted by Gasteiger charge is -2.29. The Kier molecular flexibility index (Phi) is 5.81. The Morgan fingerprint density at radius 3 is 2.00 bits per heavy atom. The maximum Gasteiger partial charge on any atom is 0.265 e. The third kappa shape index (κ3) is 3.70. The Balaban J connectivity index is 2.71. The van der Waals surface area contributed by atoms with Crippen molar-refractivity contribution in [2.45, 2.75) is 24.8 Å². The van der Waals surface area contributed by atoms with Gasteiger partial charge in [0.15, 0.2) is 0 Å². The predicted molar refractivity (Wildman–Crippen MR) is 97.6 cm³/mol. The number of nitrogens with zero attached hydrogens (tertiary/aromatic N) is 1. The topological polar surface area (TPSA) is 54.5 Å². The first kappa shape index (κ1) is 19.1. The van der Waals surface area contributed by atoms with Gasteiger partial charge >= 0.3 is 0 Å². The predicted octanol–water partition coefficient (Wildman–Crippen LogP) is 4.65. The van der Waals surface area contributed by atoms with E-state index in [9.17, 15) is 13.2 Å². The molecule has 0 saturated heterocycles. The minimum atomic E-state index is -4.10. The van der Waals surface area contributed by atoms with E-state index in [4.69, 9.17) is 34.8 Å². The first-order valence-electron chi connectivity index (χ1n) is 6.90. The van der Waals surface area contributed by atoms with Crippen LogP contribution in [0.15, 0.2) is 47.4 Å². The molecule has 0 aliphatic rings. The van der Waals surface area contributed by atoms with Crippen LogP contribution in [0, 0.1) is 6.92 Å². The number of hydrogen-bond acceptors (Lipinski definition) is 3. The Morgan fingerprint density at radius 2 is 1.54 bits per heavy atom. The molecular weight excluding hydrogens is 393 g/mol. The second-order valence-electron chi connectivity index (χ2n) is 5.16. The maximum atomic E-state index is 13.1. The fraction of sp³-hybridized carbons (Fsp3) is 0.188. The van der Waals surface area contributed by atoms with Crippen molar-refractivity contribution in [2.24, 2.45) is 0 Å². The van der Waals surface area contributed by atoms with Crippen LogP contribution in [0.3, 0.4) is 0 Å². The smallest absolute Gasteiger partial charge is 0.265 e. The van der Waals surface area contributed by atoms with E-state index in [2.05, 4.69) is 0 Å². The van der Waals surface area contributed by atoms with Crippen molar-refractivity contribution in [1.29, 1.82) is 0 Å². The zero-order chi connectivity index (χ0) is 18.1. The van der Waals surface area contributed by atoms with E-state index in [1.165, 1.54) is 31.2 Å². The molecule has 0 heterocycles. The summed E-state index contributed by atoms with van der Waals surface area (Å²) in [6.07, 6.45) is 0. The van der Waals surface area contributed by atoms with Gasteiger partial charge in [-0.3, -0.25) is 9.10 Å². The fourth-order valence-corrected chi connectivity index (χ4v) is 4.63. The van der Waals surface area contributed by atoms with Crippen LogP contribution >= 0.6 is 34.8 Å². The Hall–Kier alpha value is -1.27. The molecule has 0 aromatic heterocycles. The molecule has 0 amide bonds. The van der Waals surface area contributed by atoms with Crippen molar-refractivity contribution >= 4 is 55.8 Å². The van der Waals surface area contributed by atoms with E-state index in [1.807, 2.05) is 6.92 Å². The summed E-state index contributed by atoms with van der Waals surface area (Å²) in [6.45, 7) is 3.21. The number of sulfonamides is 1. The average Bonchev–Trinajstić information content (AvgIpc) is 2.50. The SMILES string of the molecule is Cc1ccc(S(=O)(=O)N(c2c(Cl)cccc2Cl)C(C)C(=O)Cl)cc1. The molecule has 0 aliphatic heterocycles. The van der Waals surface area contributed by atoms with Crippen LogP contribution in [0.25, 0.3) is 0 Å². The van der Waals surface area contributed by atoms with E-state index >= 15 is 0 Å². The molecule has 4 nitrogen and oxygen atoms in total. The quantitative estimate of drug-likeness (QED) is 0.679. The molecule has 0 fully saturated rings. The summed E-state index contributed by atoms with van der Waals surface area (Å²) in [6, 6.07) is 9.60. The number of benzene rings is 2. The van der Waals surface area contributed by atoms with Crippen molar-refractivity contribution in [2.75, 3.05) is 4.31 Å². The van der Waals surface area contributed by atoms with E-state index in [0.717, 1.165) is 9.87 Å². The van der Waals surface area contributed by atoms with Crippen molar-refractivity contribution < 1.29 is 13.2 Å². The largest absolute Gasteiger partial charge is 0.279 e. The maximum absolute atomic E-state index is 13.1. The van der Waals surface area contributed by atoms with Gasteiger partial charge in [-0.2, -0.15) is 0 Å². The third-order valence-electron chi connectivity index (χ3n) is 3.42. The highest BCUT2D eigenvalue weighted by molar-refractivity contribution is 7.93. The van der Waals surface area contributed by atoms with E-state index in [1.54, 1.807) is 18.2 Å². The zero-order valence-corrected chi connectivity index (χ0v) is 15.9. The van der Waals surface area contributed by atoms with Gasteiger partial charge in [-0.15, -0.1) is 0 Å². The summed E-state index contributed by atoms with van der Waals surface area (Å²) in [5, 5.41) is -0.646. The van der Waals surface area contributed by atoms with E-state index in [0.29, 0.717) is 0 Å². The highest BCUT2D eigenvalue weighted by Gasteiger charge is 2.35. The van der Waals surface area contributed by atoms with Crippen LogP contribution in [-0.4, -0.2) is 19.7 Å². The van der Waals surface area contributed by atoms with E-state index in [-0.39, 0.29) is 20.6 Å². The Bertz CT molecular complexity index is 846. The molecule has 8 heteroatoms. The van der Waals surface area contributed by atoms with Gasteiger partial charge in [-0.25, -0.2) is 8.42 Å². The second-order valence-corrected chi connectivity index (χ2v) is 8.17. The highest BCUT2D eigenvalue weighted by Crippen LogP contribution is 2.38. The number of anilines is 1. The standard InChI is InChI=1S/C16H14Cl3NO3S/c1-10-6-8-12(9-7-10)24(22,23)20(11(2)16(19)21)15-13(17)4-3-5-14(15)18/h3-9,11H,1-2H3. The number of carbonyl (C=O) groups excluding carboxylic acids is 1. The number of halogens is 3. The molecule has 2 rings (SSSR count). The average molecular weight is 407 g/mol. The molecule has 0 N–H and O–H groups in total. The van der Waals surface area contributed by atoms with Crippen molar-refractivity contribution in [3.05, 3.63) is 58.1 Å². The van der Waals surface area contributed by atoms with Crippen LogP contribution in [0.5, 0.6) is 0 Å². The lowest BCUT2D eigenvalue weighted by molar-refractivity contribution is -0.112. The number of hydrogen-bond donors (Lipinski definition) is 0. The van der Waals surface area contributed by atoms with Crippen molar-refractivity contribution in [1.82, 2.24) is 0 Å². The molecule has 0 saturated carbocycles. The molecule has 2 aromatic rings. The van der Waals surface area contributed by atoms with Crippen molar-refractivity contribution in [3.8, 4) is 0 Å². The second kappa shape index (κ2) is 7.31. The van der Waals surface area contributed by atoms with Gasteiger partial charge in [0, 0.05) is 0 Å². The molecule has 1 unspecified atom stereocenters. The van der Waals surface area contributed by atoms with E-state index < -0.39 is 21.3 Å². The number of carbonyl (C=O) groups is 1. The summed E-state index contributed by atoms with van der Waals surface area (Å²) in [7, 11) is -4.10. The highest BCUT2D eigenvalue weighted by atomic mass is 35.5. The number of aryl methyl sites for hydroxylation is 1. The number of para-hydroxylation sites is 1. The van der Waals surface area contributed by atoms with Gasteiger partial charge in [0.1, 0.15) is 6.04 Å². The lowest BCUT2D eigenvalue weighted by Crippen LogP contribution is -2.42. The summed E-state index contributed by atoms with van der Waals surface area (Å²) in [5.41, 5.74) is 0.917. The monoisotopic (exact) mass is 405 g/mol. The van der Waals surface area contributed by atoms with Gasteiger partial charge in [-0.1, -0.05) is 47.0 Å². The molecular formula is C16H14Cl3NO3S. The molecule has 1 atom stereocenters. The molecule has 0 bridgehead atoms. The molecule has 0 aliphatic carbocycles. The first-order valence-corrected chi connectivity index (χ1v) is 9.48. The summed E-state index contributed by atoms with van der Waals surface area (Å²) in [4.78, 5) is 11.7. The van der Waals surface area contributed by atoms with Crippen LogP contribution in [0.4, 0.5) is 5.69 Å². The zero-order valence-electron chi connectivity index (χ0n) is 12.8. The third-order valence-corrected chi connectivity index (χ3v) is 6.23. The first-order chi connectivity index (χ1) is 11.2. The molecule has 0 radical (unpaired) electrons. The normalized spacial score (nSPS) is 12.7. The molecule has 24 heavy (non-hydrogen) atoms. The van der Waals surface area contributed by atoms with Crippen molar-refractivity contribution in [3.63, 3.8) is 0 Å². The molecule has 128 valence electrons. The summed E-state index contributed by atoms with van der Waals surface area (Å²) < 4.78 is 27.0. The van der Waals surface area contributed by atoms with Gasteiger partial charge in [0.2, 0.25) is 5.24 Å². The Morgan fingerprint density at radius 1 is 1.04 bits per heavy atom. The van der Waals surface area contributed by atoms with Crippen LogP contribution in [0.1, 0.15) is 12.5 Å². The molecule has 2 aromatic carbocycles. The van der Waals surface area contributed by atoms with Gasteiger partial charge in [0.25, 0.3) is 10.0 Å². The molecule has 0 spiro atoms. The Labute approximate surface area is 156 Å². The van der Waals surface area contributed by atoms with Crippen LogP contribution in [0.2, 0.25) is 10.0 Å². The lowest BCUT2D eigenvalue weighted by atomic mass is 10.2. The van der Waals surface area contributed by atoms with Crippen LogP contribution < -0.4 is 4.31 Å². The summed E-state index contributed by atoms with van der Waals surface area (Å²) in [5.74, 6) is 0. The van der Waals surface area contributed by atoms with Gasteiger partial charge < -0.3 is 0 Å². The summed E-state index contributed by atoms with van der Waals surface area (Å²) >= 11 is 17.9. The number of rotatable bonds is 5. The minimum Gasteiger partial charge on any atom is -0.279 e. The minimum absolute atomic E-state index is 0.00820. The van der Waals surface area contributed by atoms with Gasteiger partial charge in [-0.05, 0) is 49.7 Å². The fourth-order valence-electron chi connectivity index (χ4n) is 2.14. The van der Waals surface area contributed by atoms with Crippen LogP contribution in [-0.2, 0) is 14.8 Å². The van der Waals surface area contributed by atoms with Gasteiger partial charge in [0.05, 0.1) is 20.6 Å².